The lowest BCUT2D eigenvalue weighted by Gasteiger charge is -2.25. The number of ketones is 1. The first-order valence-electron chi connectivity index (χ1n) is 12.8. The van der Waals surface area contributed by atoms with Gasteiger partial charge in [-0.15, -0.1) is 0 Å². The van der Waals surface area contributed by atoms with Gasteiger partial charge in [0.25, 0.3) is 25.8 Å². The standard InChI is InChI=1S/C27H20N2O14S3/c30-19(31)6-3-9-44(36,37)12-7-8-17(45(38,39)40)15(10-12)28-16-11-18(46(41,42)43)24-22-20(23(27(34)35)26(33)29-24)13-4-1-2-5-14(13)25(32)21(16)22/h1-2,4-5,7-8,10-11,28H,3,6,9H2,(H,29,33)(H,30,31)(H,34,35)(H,38,39,40)(H,41,42,43). The van der Waals surface area contributed by atoms with Gasteiger partial charge in [0.05, 0.1) is 33.1 Å². The van der Waals surface area contributed by atoms with Crippen molar-refractivity contribution < 1.29 is 59.0 Å². The fourth-order valence-corrected chi connectivity index (χ4v) is 7.83. The maximum atomic E-state index is 13.9. The van der Waals surface area contributed by atoms with Gasteiger partial charge in [0.1, 0.15) is 15.4 Å². The number of aromatic nitrogens is 1. The van der Waals surface area contributed by atoms with Crippen molar-refractivity contribution in [2.75, 3.05) is 11.1 Å². The number of nitrogens with one attached hydrogen (secondary N) is 2. The van der Waals surface area contributed by atoms with Crippen LogP contribution in [0.2, 0.25) is 0 Å². The highest BCUT2D eigenvalue weighted by atomic mass is 32.2. The number of carbonyl (C=O) groups excluding carboxylic acids is 1. The molecule has 0 unspecified atom stereocenters. The van der Waals surface area contributed by atoms with Crippen LogP contribution in [0.5, 0.6) is 0 Å². The molecule has 0 aliphatic heterocycles. The van der Waals surface area contributed by atoms with Crippen LogP contribution >= 0.6 is 0 Å². The second kappa shape index (κ2) is 11.1. The molecule has 0 radical (unpaired) electrons. The van der Waals surface area contributed by atoms with Gasteiger partial charge >= 0.3 is 11.9 Å². The zero-order chi connectivity index (χ0) is 33.9. The van der Waals surface area contributed by atoms with E-state index in [1.54, 1.807) is 0 Å². The van der Waals surface area contributed by atoms with Crippen LogP contribution in [-0.2, 0) is 34.9 Å². The fourth-order valence-electron chi connectivity index (χ4n) is 5.19. The summed E-state index contributed by atoms with van der Waals surface area (Å²) in [5.74, 6) is -4.57. The van der Waals surface area contributed by atoms with Crippen LogP contribution in [0.25, 0.3) is 22.0 Å². The molecule has 1 aromatic heterocycles. The van der Waals surface area contributed by atoms with Crippen LogP contribution in [0, 0.1) is 0 Å². The van der Waals surface area contributed by atoms with E-state index in [-0.39, 0.29) is 17.5 Å². The molecule has 46 heavy (non-hydrogen) atoms. The molecule has 0 saturated heterocycles. The van der Waals surface area contributed by atoms with Crippen molar-refractivity contribution >= 4 is 70.1 Å². The van der Waals surface area contributed by atoms with Crippen LogP contribution in [0.15, 0.2) is 68.0 Å². The van der Waals surface area contributed by atoms with Gasteiger partial charge in [-0.3, -0.25) is 23.5 Å². The van der Waals surface area contributed by atoms with E-state index >= 15 is 0 Å². The number of benzene rings is 3. The first kappa shape index (κ1) is 32.4. The number of carboxylic acid groups (broad SMARTS) is 2. The van der Waals surface area contributed by atoms with E-state index in [2.05, 4.69) is 10.3 Å². The van der Waals surface area contributed by atoms with E-state index in [0.717, 1.165) is 12.1 Å². The Hall–Kier alpha value is -4.95. The third kappa shape index (κ3) is 5.65. The third-order valence-corrected chi connectivity index (χ3v) is 10.7. The predicted molar refractivity (Wildman–Crippen MR) is 159 cm³/mol. The number of sulfone groups is 1. The van der Waals surface area contributed by atoms with Gasteiger partial charge in [-0.25, -0.2) is 13.2 Å². The highest BCUT2D eigenvalue weighted by molar-refractivity contribution is 7.91. The maximum absolute atomic E-state index is 13.9. The monoisotopic (exact) mass is 692 g/mol. The fraction of sp³-hybridized carbons (Fsp3) is 0.111. The molecule has 240 valence electrons. The first-order valence-corrected chi connectivity index (χ1v) is 17.3. The van der Waals surface area contributed by atoms with Gasteiger partial charge in [0.2, 0.25) is 0 Å². The zero-order valence-electron chi connectivity index (χ0n) is 22.8. The number of hydrogen-bond acceptors (Lipinski definition) is 11. The van der Waals surface area contributed by atoms with E-state index in [9.17, 15) is 58.6 Å². The number of aromatic amines is 1. The number of rotatable bonds is 10. The number of anilines is 2. The number of aliphatic carboxylic acids is 1. The molecule has 0 spiro atoms. The second-order valence-electron chi connectivity index (χ2n) is 9.98. The maximum Gasteiger partial charge on any atom is 0.342 e. The minimum absolute atomic E-state index is 0.0694. The summed E-state index contributed by atoms with van der Waals surface area (Å²) in [5.41, 5.74) is -5.20. The molecular weight excluding hydrogens is 672 g/mol. The lowest BCUT2D eigenvalue weighted by atomic mass is 9.81. The lowest BCUT2D eigenvalue weighted by Crippen LogP contribution is -2.24. The molecule has 16 nitrogen and oxygen atoms in total. The molecule has 5 rings (SSSR count). The summed E-state index contributed by atoms with van der Waals surface area (Å²) in [6.45, 7) is 0. The molecule has 1 aliphatic rings. The molecule has 0 atom stereocenters. The number of fused-ring (bicyclic) bond motifs is 2. The van der Waals surface area contributed by atoms with E-state index in [1.807, 2.05) is 0 Å². The number of aromatic carboxylic acids is 1. The van der Waals surface area contributed by atoms with Crippen molar-refractivity contribution in [2.24, 2.45) is 0 Å². The van der Waals surface area contributed by atoms with Gasteiger partial charge in [-0.1, -0.05) is 24.3 Å². The van der Waals surface area contributed by atoms with Crippen LogP contribution in [-0.4, -0.2) is 73.0 Å². The summed E-state index contributed by atoms with van der Waals surface area (Å²) >= 11 is 0. The molecule has 0 saturated carbocycles. The summed E-state index contributed by atoms with van der Waals surface area (Å²) in [4.78, 5) is 49.5. The molecular formula is C27H20N2O14S3. The van der Waals surface area contributed by atoms with Crippen LogP contribution < -0.4 is 10.9 Å². The van der Waals surface area contributed by atoms with Crippen molar-refractivity contribution in [2.45, 2.75) is 27.5 Å². The molecule has 1 aliphatic carbocycles. The molecule has 0 bridgehead atoms. The van der Waals surface area contributed by atoms with Gasteiger partial charge in [0, 0.05) is 22.9 Å². The minimum atomic E-state index is -5.27. The minimum Gasteiger partial charge on any atom is -0.481 e. The number of carboxylic acids is 2. The highest BCUT2D eigenvalue weighted by Crippen LogP contribution is 2.45. The average molecular weight is 693 g/mol. The number of hydrogen-bond donors (Lipinski definition) is 6. The Balaban J connectivity index is 1.87. The van der Waals surface area contributed by atoms with E-state index in [0.29, 0.717) is 12.1 Å². The predicted octanol–water partition coefficient (Wildman–Crippen LogP) is 2.31. The Bertz CT molecular complexity index is 2430. The van der Waals surface area contributed by atoms with Crippen molar-refractivity contribution in [1.82, 2.24) is 4.98 Å². The quantitative estimate of drug-likeness (QED) is 0.115. The number of H-pyrrole nitrogens is 1. The summed E-state index contributed by atoms with van der Waals surface area (Å²) in [5, 5.41) is 20.8. The van der Waals surface area contributed by atoms with Crippen molar-refractivity contribution in [3.8, 4) is 11.1 Å². The molecule has 6 N–H and O–H groups in total. The Kier molecular flexibility index (Phi) is 7.86. The van der Waals surface area contributed by atoms with E-state index < -0.39 is 119 Å². The Labute approximate surface area is 258 Å². The lowest BCUT2D eigenvalue weighted by molar-refractivity contribution is -0.137. The molecule has 3 aromatic carbocycles. The highest BCUT2D eigenvalue weighted by Gasteiger charge is 2.36. The van der Waals surface area contributed by atoms with Crippen LogP contribution in [0.4, 0.5) is 11.4 Å². The third-order valence-electron chi connectivity index (χ3n) is 7.08. The number of pyridine rings is 1. The molecule has 4 aromatic rings. The molecule has 0 amide bonds. The Morgan fingerprint density at radius 3 is 2.00 bits per heavy atom. The van der Waals surface area contributed by atoms with Gasteiger partial charge in [-0.2, -0.15) is 16.8 Å². The van der Waals surface area contributed by atoms with Gasteiger partial charge in [0.15, 0.2) is 15.6 Å². The summed E-state index contributed by atoms with van der Waals surface area (Å²) in [7, 11) is -14.7. The summed E-state index contributed by atoms with van der Waals surface area (Å²) < 4.78 is 95.6. The molecule has 1 heterocycles. The summed E-state index contributed by atoms with van der Waals surface area (Å²) in [6, 6.07) is 8.32. The van der Waals surface area contributed by atoms with Crippen molar-refractivity contribution in [3.05, 3.63) is 75.6 Å². The Morgan fingerprint density at radius 1 is 0.783 bits per heavy atom. The first-order chi connectivity index (χ1) is 21.3. The molecule has 0 fully saturated rings. The van der Waals surface area contributed by atoms with Crippen molar-refractivity contribution in [1.29, 1.82) is 0 Å². The van der Waals surface area contributed by atoms with Gasteiger partial charge in [-0.05, 0) is 36.2 Å². The van der Waals surface area contributed by atoms with Gasteiger partial charge < -0.3 is 20.5 Å². The Morgan fingerprint density at radius 2 is 1.41 bits per heavy atom. The average Bonchev–Trinajstić information content (AvgIpc) is 2.94. The topological polar surface area (TPSA) is 279 Å². The smallest absolute Gasteiger partial charge is 0.342 e. The van der Waals surface area contributed by atoms with Crippen LogP contribution in [0.3, 0.4) is 0 Å². The van der Waals surface area contributed by atoms with Crippen LogP contribution in [0.1, 0.15) is 39.1 Å². The SMILES string of the molecule is O=C(O)CCCS(=O)(=O)c1ccc(S(=O)(=O)O)c(Nc2cc(S(=O)(=O)O)c3[nH]c(=O)c(C(=O)O)c4c3c2C(=O)c2ccccc2-4)c1. The normalized spacial score (nSPS) is 13.0. The molecule has 19 heteroatoms. The second-order valence-corrected chi connectivity index (χ2v) is 14.9. The van der Waals surface area contributed by atoms with E-state index in [4.69, 9.17) is 5.11 Å². The largest absolute Gasteiger partial charge is 0.481 e. The number of carbonyl (C=O) groups is 3. The van der Waals surface area contributed by atoms with E-state index in [1.165, 1.54) is 24.3 Å². The van der Waals surface area contributed by atoms with Crippen molar-refractivity contribution in [3.63, 3.8) is 0 Å². The summed E-state index contributed by atoms with van der Waals surface area (Å²) in [6.07, 6.45) is -0.813. The zero-order valence-corrected chi connectivity index (χ0v) is 25.3.